The molecule has 0 aliphatic carbocycles. The second-order valence-electron chi connectivity index (χ2n) is 12.5. The van der Waals surface area contributed by atoms with Crippen LogP contribution in [0.1, 0.15) is 59.7 Å². The Labute approximate surface area is 289 Å². The molecule has 0 aromatic heterocycles. The molecule has 1 heterocycles. The van der Waals surface area contributed by atoms with Gasteiger partial charge in [0.15, 0.2) is 0 Å². The van der Waals surface area contributed by atoms with Crippen LogP contribution in [-0.4, -0.2) is 55.8 Å². The van der Waals surface area contributed by atoms with Gasteiger partial charge in [-0.05, 0) is 90.7 Å². The molecular weight excluding hydrogens is 622 g/mol. The molecule has 2 atom stereocenters. The lowest BCUT2D eigenvalue weighted by molar-refractivity contribution is -0.0563. The predicted molar refractivity (Wildman–Crippen MR) is 193 cm³/mol. The Morgan fingerprint density at radius 2 is 1.75 bits per heavy atom. The number of likely N-dealkylation sites (tertiary alicyclic amines) is 1. The van der Waals surface area contributed by atoms with Crippen molar-refractivity contribution in [3.63, 3.8) is 0 Å². The van der Waals surface area contributed by atoms with Crippen LogP contribution in [0.3, 0.4) is 0 Å². The van der Waals surface area contributed by atoms with Gasteiger partial charge in [-0.3, -0.25) is 4.79 Å². The molecule has 2 amide bonds. The number of halogens is 1. The van der Waals surface area contributed by atoms with Crippen molar-refractivity contribution in [3.05, 3.63) is 118 Å². The van der Waals surface area contributed by atoms with Gasteiger partial charge in [-0.25, -0.2) is 4.79 Å². The first-order valence-corrected chi connectivity index (χ1v) is 17.2. The summed E-state index contributed by atoms with van der Waals surface area (Å²) in [5, 5.41) is 19.5. The van der Waals surface area contributed by atoms with Gasteiger partial charge in [-0.15, -0.1) is 0 Å². The van der Waals surface area contributed by atoms with Crippen LogP contribution in [0.25, 0.3) is 22.3 Å². The maximum absolute atomic E-state index is 14.4. The van der Waals surface area contributed by atoms with E-state index in [9.17, 15) is 14.7 Å². The summed E-state index contributed by atoms with van der Waals surface area (Å²) >= 11 is 6.94. The van der Waals surface area contributed by atoms with Crippen molar-refractivity contribution in [1.29, 1.82) is 0 Å². The minimum absolute atomic E-state index is 0.0498. The smallest absolute Gasteiger partial charge is 0.406 e. The van der Waals surface area contributed by atoms with E-state index in [0.717, 1.165) is 52.6 Å². The number of methoxy groups -OCH3 is 1. The van der Waals surface area contributed by atoms with Gasteiger partial charge in [-0.2, -0.15) is 0 Å². The number of hydrogen-bond donors (Lipinski definition) is 3. The van der Waals surface area contributed by atoms with Gasteiger partial charge in [0.1, 0.15) is 0 Å². The summed E-state index contributed by atoms with van der Waals surface area (Å²) in [5.74, 6) is -0.324. The van der Waals surface area contributed by atoms with E-state index < -0.39 is 11.7 Å². The van der Waals surface area contributed by atoms with E-state index in [1.165, 1.54) is 12.7 Å². The summed E-state index contributed by atoms with van der Waals surface area (Å²) in [6.07, 6.45) is 2.71. The Morgan fingerprint density at radius 1 is 0.979 bits per heavy atom. The normalized spacial score (nSPS) is 15.9. The number of nitrogens with zero attached hydrogens (tertiary/aromatic N) is 1. The summed E-state index contributed by atoms with van der Waals surface area (Å²) < 4.78 is 4.77. The van der Waals surface area contributed by atoms with Crippen molar-refractivity contribution in [2.45, 2.75) is 51.2 Å². The van der Waals surface area contributed by atoms with E-state index in [-0.39, 0.29) is 11.8 Å². The molecule has 1 aliphatic rings. The Morgan fingerprint density at radius 3 is 2.50 bits per heavy atom. The molecule has 4 aromatic rings. The van der Waals surface area contributed by atoms with Crippen molar-refractivity contribution < 1.29 is 19.4 Å². The number of aliphatic hydroxyl groups is 1. The van der Waals surface area contributed by atoms with Crippen LogP contribution in [0.4, 0.5) is 4.79 Å². The van der Waals surface area contributed by atoms with Crippen LogP contribution < -0.4 is 10.6 Å². The lowest BCUT2D eigenvalue weighted by Gasteiger charge is -2.44. The maximum atomic E-state index is 14.4. The molecule has 0 bridgehead atoms. The summed E-state index contributed by atoms with van der Waals surface area (Å²) in [7, 11) is 3.24. The number of carbonyl (C=O) groups is 2. The average molecular weight is 668 g/mol. The van der Waals surface area contributed by atoms with Crippen molar-refractivity contribution in [1.82, 2.24) is 15.5 Å². The molecule has 1 aliphatic heterocycles. The SMILES string of the molecule is CCc1cccc(-c2c(Cl)cccc2[C@](O)(CCCNC(=O)OC)C2CCCN(C(=O)c3ccc(CNC)cc3-c3ccccc3)C2)c1. The standard InChI is InChI=1S/C40H46ClN3O4/c1-4-28-12-8-15-31(24-28)37-35(17-9-18-36(37)41)40(47,21-11-22-43-39(46)48-3)32-16-10-23-44(27-32)38(45)33-20-19-29(26-42-2)25-34(33)30-13-6-5-7-14-30/h5-9,12-15,17-20,24-25,32,42,47H,4,10-11,16,21-23,26-27H2,1-3H3,(H,43,46)/t32?,40-/m0/s1. The highest BCUT2D eigenvalue weighted by atomic mass is 35.5. The van der Waals surface area contributed by atoms with E-state index in [1.54, 1.807) is 0 Å². The molecular formula is C40H46ClN3O4. The highest BCUT2D eigenvalue weighted by Crippen LogP contribution is 2.46. The van der Waals surface area contributed by atoms with E-state index in [4.69, 9.17) is 16.3 Å². The minimum Gasteiger partial charge on any atom is -0.453 e. The van der Waals surface area contributed by atoms with Crippen LogP contribution in [0.2, 0.25) is 5.02 Å². The van der Waals surface area contributed by atoms with E-state index in [1.807, 2.05) is 84.7 Å². The number of ether oxygens (including phenoxy) is 1. The van der Waals surface area contributed by atoms with Gasteiger partial charge in [0.05, 0.1) is 12.7 Å². The first-order chi connectivity index (χ1) is 23.3. The molecule has 1 fully saturated rings. The quantitative estimate of drug-likeness (QED) is 0.134. The maximum Gasteiger partial charge on any atom is 0.406 e. The Hall–Kier alpha value is -4.17. The zero-order valence-corrected chi connectivity index (χ0v) is 28.9. The molecule has 0 spiro atoms. The van der Waals surface area contributed by atoms with Gasteiger partial charge in [0.2, 0.25) is 0 Å². The van der Waals surface area contributed by atoms with Crippen LogP contribution in [-0.2, 0) is 23.3 Å². The minimum atomic E-state index is -1.34. The molecule has 1 saturated heterocycles. The predicted octanol–water partition coefficient (Wildman–Crippen LogP) is 7.83. The number of hydrogen-bond acceptors (Lipinski definition) is 5. The van der Waals surface area contributed by atoms with E-state index in [0.29, 0.717) is 49.6 Å². The topological polar surface area (TPSA) is 90.9 Å². The Kier molecular flexibility index (Phi) is 11.9. The number of alkyl carbamates (subject to hydrolysis) is 1. The summed E-state index contributed by atoms with van der Waals surface area (Å²) in [6, 6.07) is 30.0. The third-order valence-electron chi connectivity index (χ3n) is 9.46. The second-order valence-corrected chi connectivity index (χ2v) is 12.9. The van der Waals surface area contributed by atoms with Crippen molar-refractivity contribution in [2.75, 3.05) is 33.8 Å². The monoisotopic (exact) mass is 667 g/mol. The number of aryl methyl sites for hydroxylation is 1. The summed E-state index contributed by atoms with van der Waals surface area (Å²) in [5.41, 5.74) is 5.94. The van der Waals surface area contributed by atoms with Gasteiger partial charge in [0.25, 0.3) is 5.91 Å². The molecule has 0 radical (unpaired) electrons. The van der Waals surface area contributed by atoms with Crippen LogP contribution >= 0.6 is 11.6 Å². The molecule has 48 heavy (non-hydrogen) atoms. The van der Waals surface area contributed by atoms with Gasteiger partial charge < -0.3 is 25.4 Å². The summed E-state index contributed by atoms with van der Waals surface area (Å²) in [4.78, 5) is 28.1. The fourth-order valence-electron chi connectivity index (χ4n) is 6.97. The molecule has 1 unspecified atom stereocenters. The van der Waals surface area contributed by atoms with Crippen LogP contribution in [0.5, 0.6) is 0 Å². The fraction of sp³-hybridized carbons (Fsp3) is 0.350. The van der Waals surface area contributed by atoms with Crippen LogP contribution in [0.15, 0.2) is 91.0 Å². The zero-order chi connectivity index (χ0) is 34.1. The van der Waals surface area contributed by atoms with Gasteiger partial charge in [0, 0.05) is 48.2 Å². The molecule has 0 saturated carbocycles. The third-order valence-corrected chi connectivity index (χ3v) is 9.77. The van der Waals surface area contributed by atoms with Gasteiger partial charge >= 0.3 is 6.09 Å². The lowest BCUT2D eigenvalue weighted by Crippen LogP contribution is -2.48. The highest BCUT2D eigenvalue weighted by Gasteiger charge is 2.43. The second kappa shape index (κ2) is 16.3. The van der Waals surface area contributed by atoms with Crippen LogP contribution in [0, 0.1) is 5.92 Å². The van der Waals surface area contributed by atoms with Crippen molar-refractivity contribution >= 4 is 23.6 Å². The van der Waals surface area contributed by atoms with Crippen molar-refractivity contribution in [2.24, 2.45) is 5.92 Å². The Balaban J connectivity index is 1.52. The molecule has 5 rings (SSSR count). The number of amides is 2. The lowest BCUT2D eigenvalue weighted by atomic mass is 9.72. The first kappa shape index (κ1) is 35.1. The number of benzene rings is 4. The number of nitrogens with one attached hydrogen (secondary N) is 2. The fourth-order valence-corrected chi connectivity index (χ4v) is 7.26. The van der Waals surface area contributed by atoms with Gasteiger partial charge in [-0.1, -0.05) is 91.3 Å². The summed E-state index contributed by atoms with van der Waals surface area (Å²) in [6.45, 7) is 4.13. The molecule has 8 heteroatoms. The first-order valence-electron chi connectivity index (χ1n) is 16.8. The van der Waals surface area contributed by atoms with E-state index >= 15 is 0 Å². The number of piperidine rings is 1. The highest BCUT2D eigenvalue weighted by molar-refractivity contribution is 6.33. The average Bonchev–Trinajstić information content (AvgIpc) is 3.13. The molecule has 7 nitrogen and oxygen atoms in total. The molecule has 3 N–H and O–H groups in total. The molecule has 252 valence electrons. The Bertz CT molecular complexity index is 1710. The third kappa shape index (κ3) is 7.92. The van der Waals surface area contributed by atoms with Crippen molar-refractivity contribution in [3.8, 4) is 22.3 Å². The van der Waals surface area contributed by atoms with E-state index in [2.05, 4.69) is 35.8 Å². The zero-order valence-electron chi connectivity index (χ0n) is 28.1. The number of carbonyl (C=O) groups excluding carboxylic acids is 2. The number of rotatable bonds is 12. The molecule has 4 aromatic carbocycles. The largest absolute Gasteiger partial charge is 0.453 e.